The van der Waals surface area contributed by atoms with Crippen LogP contribution in [0.5, 0.6) is 0 Å². The molecule has 7 heteroatoms. The Morgan fingerprint density at radius 2 is 1.93 bits per heavy atom. The molecule has 2 aliphatic heterocycles. The number of nitrogens with zero attached hydrogens (tertiary/aromatic N) is 2. The molecular formula is C21H23FN2O4. The van der Waals surface area contributed by atoms with Crippen molar-refractivity contribution in [3.8, 4) is 0 Å². The van der Waals surface area contributed by atoms with Gasteiger partial charge in [0, 0.05) is 12.8 Å². The zero-order valence-electron chi connectivity index (χ0n) is 15.7. The van der Waals surface area contributed by atoms with E-state index in [-0.39, 0.29) is 37.2 Å². The molecule has 2 unspecified atom stereocenters. The van der Waals surface area contributed by atoms with Crippen LogP contribution in [0.2, 0.25) is 0 Å². The molecule has 1 N–H and O–H groups in total. The lowest BCUT2D eigenvalue weighted by atomic mass is 9.79. The fourth-order valence-electron chi connectivity index (χ4n) is 4.08. The Bertz CT molecular complexity index is 847. The minimum Gasteiger partial charge on any atom is -0.445 e. The van der Waals surface area contributed by atoms with Gasteiger partial charge in [-0.1, -0.05) is 30.3 Å². The van der Waals surface area contributed by atoms with Gasteiger partial charge in [0.05, 0.1) is 36.7 Å². The largest absolute Gasteiger partial charge is 0.445 e. The topological polar surface area (TPSA) is 71.9 Å². The van der Waals surface area contributed by atoms with E-state index in [1.54, 1.807) is 11.8 Å². The van der Waals surface area contributed by atoms with Gasteiger partial charge in [0.1, 0.15) is 18.0 Å². The third kappa shape index (κ3) is 3.59. The first-order valence-electron chi connectivity index (χ1n) is 9.39. The van der Waals surface area contributed by atoms with Crippen molar-refractivity contribution in [2.45, 2.75) is 44.1 Å². The second kappa shape index (κ2) is 7.48. The van der Waals surface area contributed by atoms with Gasteiger partial charge in [0.2, 0.25) is 0 Å². The van der Waals surface area contributed by atoms with E-state index in [1.807, 2.05) is 30.3 Å². The Morgan fingerprint density at radius 3 is 2.57 bits per heavy atom. The number of carbonyl (C=O) groups is 1. The number of benzene rings is 1. The minimum absolute atomic E-state index is 0.194. The summed E-state index contributed by atoms with van der Waals surface area (Å²) in [6, 6.07) is 11.7. The van der Waals surface area contributed by atoms with Gasteiger partial charge in [-0.2, -0.15) is 0 Å². The van der Waals surface area contributed by atoms with Crippen molar-refractivity contribution < 1.29 is 23.8 Å². The average molecular weight is 386 g/mol. The molecule has 0 aliphatic carbocycles. The fourth-order valence-corrected chi connectivity index (χ4v) is 4.08. The number of aliphatic hydroxyl groups is 1. The second-order valence-corrected chi connectivity index (χ2v) is 7.50. The summed E-state index contributed by atoms with van der Waals surface area (Å²) in [4.78, 5) is 18.7. The maximum Gasteiger partial charge on any atom is 0.410 e. The van der Waals surface area contributed by atoms with Crippen LogP contribution in [0.3, 0.4) is 0 Å². The van der Waals surface area contributed by atoms with Crippen LogP contribution in [0.25, 0.3) is 0 Å². The smallest absolute Gasteiger partial charge is 0.410 e. The first kappa shape index (κ1) is 18.8. The summed E-state index contributed by atoms with van der Waals surface area (Å²) in [5, 5.41) is 11.3. The number of hydrogen-bond donors (Lipinski definition) is 1. The van der Waals surface area contributed by atoms with Gasteiger partial charge in [-0.15, -0.1) is 0 Å². The number of piperidine rings is 1. The number of hydrogen-bond acceptors (Lipinski definition) is 5. The summed E-state index contributed by atoms with van der Waals surface area (Å²) in [5.41, 5.74) is 0.364. The molecule has 1 amide bonds. The van der Waals surface area contributed by atoms with Crippen LogP contribution in [-0.2, 0) is 21.7 Å². The molecule has 1 aromatic heterocycles. The Balaban J connectivity index is 1.50. The van der Waals surface area contributed by atoms with E-state index in [2.05, 4.69) is 4.98 Å². The number of carbonyl (C=O) groups excluding carboxylic acids is 1. The van der Waals surface area contributed by atoms with Crippen molar-refractivity contribution in [3.63, 3.8) is 0 Å². The van der Waals surface area contributed by atoms with Crippen LogP contribution in [0.1, 0.15) is 29.8 Å². The maximum atomic E-state index is 13.6. The van der Waals surface area contributed by atoms with Crippen molar-refractivity contribution in [1.29, 1.82) is 0 Å². The molecule has 2 aliphatic rings. The van der Waals surface area contributed by atoms with E-state index in [0.29, 0.717) is 18.9 Å². The van der Waals surface area contributed by atoms with Crippen LogP contribution in [0.15, 0.2) is 42.5 Å². The number of morpholine rings is 1. The summed E-state index contributed by atoms with van der Waals surface area (Å²) in [6.45, 7) is 2.40. The van der Waals surface area contributed by atoms with Crippen molar-refractivity contribution in [2.24, 2.45) is 0 Å². The Kier molecular flexibility index (Phi) is 5.03. The molecule has 148 valence electrons. The van der Waals surface area contributed by atoms with Crippen LogP contribution in [0, 0.1) is 12.7 Å². The number of pyridine rings is 1. The van der Waals surface area contributed by atoms with Gasteiger partial charge in [0.15, 0.2) is 0 Å². The SMILES string of the molecule is Cc1nc(C2(O)CC3COCC(C2)N3C(=O)OCc2ccccc2)ccc1F. The number of aryl methyl sites for hydroxylation is 1. The van der Waals surface area contributed by atoms with Gasteiger partial charge in [-0.25, -0.2) is 9.18 Å². The average Bonchev–Trinajstić information content (AvgIpc) is 2.68. The lowest BCUT2D eigenvalue weighted by Gasteiger charge is -2.50. The van der Waals surface area contributed by atoms with E-state index in [9.17, 15) is 14.3 Å². The third-order valence-corrected chi connectivity index (χ3v) is 5.47. The number of fused-ring (bicyclic) bond motifs is 2. The van der Waals surface area contributed by atoms with Gasteiger partial charge >= 0.3 is 6.09 Å². The standard InChI is InChI=1S/C21H23FN2O4/c1-14-18(22)7-8-19(23-14)21(26)9-16-12-27-13-17(10-21)24(16)20(25)28-11-15-5-3-2-4-6-15/h2-8,16-17,26H,9-13H2,1H3. The van der Waals surface area contributed by atoms with E-state index in [4.69, 9.17) is 9.47 Å². The van der Waals surface area contributed by atoms with Crippen LogP contribution < -0.4 is 0 Å². The third-order valence-electron chi connectivity index (χ3n) is 5.47. The van der Waals surface area contributed by atoms with Crippen LogP contribution in [0.4, 0.5) is 9.18 Å². The molecule has 0 radical (unpaired) electrons. The summed E-state index contributed by atoms with van der Waals surface area (Å²) in [5.74, 6) is -0.405. The van der Waals surface area contributed by atoms with Crippen molar-refractivity contribution in [2.75, 3.05) is 13.2 Å². The molecule has 0 saturated carbocycles. The monoisotopic (exact) mass is 386 g/mol. The highest BCUT2D eigenvalue weighted by molar-refractivity contribution is 5.69. The first-order chi connectivity index (χ1) is 13.5. The molecule has 1 aromatic carbocycles. The van der Waals surface area contributed by atoms with Crippen LogP contribution in [-0.4, -0.2) is 46.4 Å². The predicted molar refractivity (Wildman–Crippen MR) is 98.9 cm³/mol. The van der Waals surface area contributed by atoms with Crippen molar-refractivity contribution >= 4 is 6.09 Å². The lowest BCUT2D eigenvalue weighted by molar-refractivity contribution is -0.138. The molecule has 2 saturated heterocycles. The molecule has 3 heterocycles. The van der Waals surface area contributed by atoms with Crippen LogP contribution >= 0.6 is 0 Å². The molecule has 6 nitrogen and oxygen atoms in total. The van der Waals surface area contributed by atoms with E-state index < -0.39 is 17.5 Å². The summed E-state index contributed by atoms with van der Waals surface area (Å²) in [7, 11) is 0. The number of aromatic nitrogens is 1. The quantitative estimate of drug-likeness (QED) is 0.878. The summed E-state index contributed by atoms with van der Waals surface area (Å²) in [6.07, 6.45) is 0.122. The second-order valence-electron chi connectivity index (χ2n) is 7.50. The number of amides is 1. The Labute approximate surface area is 162 Å². The van der Waals surface area contributed by atoms with E-state index in [1.165, 1.54) is 12.1 Å². The highest BCUT2D eigenvalue weighted by Gasteiger charge is 2.50. The van der Waals surface area contributed by atoms with E-state index >= 15 is 0 Å². The highest BCUT2D eigenvalue weighted by Crippen LogP contribution is 2.40. The molecule has 2 atom stereocenters. The maximum absolute atomic E-state index is 13.6. The highest BCUT2D eigenvalue weighted by atomic mass is 19.1. The molecule has 2 fully saturated rings. The van der Waals surface area contributed by atoms with Gasteiger partial charge in [-0.05, 0) is 24.6 Å². The number of ether oxygens (including phenoxy) is 2. The molecular weight excluding hydrogens is 363 g/mol. The predicted octanol–water partition coefficient (Wildman–Crippen LogP) is 2.92. The zero-order valence-corrected chi connectivity index (χ0v) is 15.7. The molecule has 2 bridgehead atoms. The number of halogens is 1. The van der Waals surface area contributed by atoms with Gasteiger partial charge < -0.3 is 14.6 Å². The van der Waals surface area contributed by atoms with Gasteiger partial charge in [-0.3, -0.25) is 9.88 Å². The normalized spacial score (nSPS) is 26.8. The Hall–Kier alpha value is -2.51. The zero-order chi connectivity index (χ0) is 19.7. The molecule has 2 aromatic rings. The van der Waals surface area contributed by atoms with E-state index in [0.717, 1.165) is 5.56 Å². The summed E-state index contributed by atoms with van der Waals surface area (Å²) >= 11 is 0. The lowest BCUT2D eigenvalue weighted by Crippen LogP contribution is -2.62. The molecule has 28 heavy (non-hydrogen) atoms. The van der Waals surface area contributed by atoms with Gasteiger partial charge in [0.25, 0.3) is 0 Å². The van der Waals surface area contributed by atoms with Crippen molar-refractivity contribution in [1.82, 2.24) is 9.88 Å². The number of rotatable bonds is 3. The summed E-state index contributed by atoms with van der Waals surface area (Å²) < 4.78 is 24.7. The van der Waals surface area contributed by atoms with Crippen molar-refractivity contribution in [3.05, 3.63) is 65.2 Å². The Morgan fingerprint density at radius 1 is 1.25 bits per heavy atom. The first-order valence-corrected chi connectivity index (χ1v) is 9.39. The molecule has 0 spiro atoms. The minimum atomic E-state index is -1.23. The fraction of sp³-hybridized carbons (Fsp3) is 0.429. The molecule has 4 rings (SSSR count).